The van der Waals surface area contributed by atoms with Crippen LogP contribution in [0.25, 0.3) is 22.2 Å². The zero-order valence-corrected chi connectivity index (χ0v) is 8.81. The van der Waals surface area contributed by atoms with Crippen LogP contribution in [0.1, 0.15) is 0 Å². The number of phenolic OH excluding ortho intramolecular Hbond substituents is 1. The van der Waals surface area contributed by atoms with Gasteiger partial charge in [0.2, 0.25) is 0 Å². The molecular formula is C13H9FN2O. The van der Waals surface area contributed by atoms with Crippen LogP contribution in [-0.4, -0.2) is 15.1 Å². The Labute approximate surface area is 96.6 Å². The lowest BCUT2D eigenvalue weighted by Crippen LogP contribution is -1.83. The number of benzene rings is 1. The van der Waals surface area contributed by atoms with E-state index in [4.69, 9.17) is 0 Å². The molecule has 0 aliphatic carbocycles. The molecule has 0 radical (unpaired) electrons. The zero-order valence-electron chi connectivity index (χ0n) is 8.81. The predicted molar refractivity (Wildman–Crippen MR) is 63.2 cm³/mol. The van der Waals surface area contributed by atoms with Gasteiger partial charge in [0.15, 0.2) is 0 Å². The number of nitrogens with zero attached hydrogens (tertiary/aromatic N) is 1. The van der Waals surface area contributed by atoms with Gasteiger partial charge in [0.05, 0.1) is 5.56 Å². The van der Waals surface area contributed by atoms with Gasteiger partial charge in [-0.2, -0.15) is 0 Å². The first-order chi connectivity index (χ1) is 8.27. The molecule has 0 saturated carbocycles. The molecule has 17 heavy (non-hydrogen) atoms. The summed E-state index contributed by atoms with van der Waals surface area (Å²) in [5, 5.41) is 10.5. The van der Waals surface area contributed by atoms with E-state index < -0.39 is 5.82 Å². The standard InChI is InChI=1S/C13H9FN2O/c14-10-4-1-5-11(17)12(10)9-7-16-13-8(9)3-2-6-15-13/h1-7,17H,(H,15,16). The topological polar surface area (TPSA) is 48.9 Å². The minimum absolute atomic E-state index is 0.0743. The second-order valence-corrected chi connectivity index (χ2v) is 3.74. The second kappa shape index (κ2) is 3.59. The number of fused-ring (bicyclic) bond motifs is 1. The van der Waals surface area contributed by atoms with Gasteiger partial charge < -0.3 is 10.1 Å². The van der Waals surface area contributed by atoms with Crippen LogP contribution in [0, 0.1) is 5.82 Å². The monoisotopic (exact) mass is 228 g/mol. The van der Waals surface area contributed by atoms with Crippen molar-refractivity contribution in [3.05, 3.63) is 48.5 Å². The normalized spacial score (nSPS) is 10.9. The van der Waals surface area contributed by atoms with Crippen LogP contribution in [0.3, 0.4) is 0 Å². The van der Waals surface area contributed by atoms with E-state index in [0.29, 0.717) is 11.2 Å². The maximum Gasteiger partial charge on any atom is 0.137 e. The predicted octanol–water partition coefficient (Wildman–Crippen LogP) is 3.07. The fourth-order valence-electron chi connectivity index (χ4n) is 1.94. The first-order valence-electron chi connectivity index (χ1n) is 5.17. The summed E-state index contributed by atoms with van der Waals surface area (Å²) in [5.74, 6) is -0.524. The number of hydrogen-bond acceptors (Lipinski definition) is 2. The number of rotatable bonds is 1. The summed E-state index contributed by atoms with van der Waals surface area (Å²) in [6.45, 7) is 0. The van der Waals surface area contributed by atoms with Gasteiger partial charge in [-0.1, -0.05) is 6.07 Å². The number of halogens is 1. The zero-order chi connectivity index (χ0) is 11.8. The highest BCUT2D eigenvalue weighted by molar-refractivity contribution is 5.95. The number of aromatic nitrogens is 2. The van der Waals surface area contributed by atoms with Crippen LogP contribution >= 0.6 is 0 Å². The van der Waals surface area contributed by atoms with Gasteiger partial charge in [0.25, 0.3) is 0 Å². The molecule has 0 fully saturated rings. The molecule has 0 atom stereocenters. The smallest absolute Gasteiger partial charge is 0.137 e. The SMILES string of the molecule is Oc1cccc(F)c1-c1c[nH]c2ncccc12. The average molecular weight is 228 g/mol. The van der Waals surface area contributed by atoms with Crippen molar-refractivity contribution < 1.29 is 9.50 Å². The van der Waals surface area contributed by atoms with Crippen molar-refractivity contribution in [1.29, 1.82) is 0 Å². The van der Waals surface area contributed by atoms with Crippen molar-refractivity contribution in [3.63, 3.8) is 0 Å². The summed E-state index contributed by atoms with van der Waals surface area (Å²) < 4.78 is 13.7. The third-order valence-electron chi connectivity index (χ3n) is 2.71. The summed E-state index contributed by atoms with van der Waals surface area (Å²) in [6.07, 6.45) is 3.31. The lowest BCUT2D eigenvalue weighted by Gasteiger charge is -2.04. The van der Waals surface area contributed by atoms with E-state index in [1.807, 2.05) is 6.07 Å². The molecule has 0 unspecified atom stereocenters. The van der Waals surface area contributed by atoms with Gasteiger partial charge in [-0.05, 0) is 24.3 Å². The molecule has 3 aromatic rings. The van der Waals surface area contributed by atoms with E-state index in [2.05, 4.69) is 9.97 Å². The maximum absolute atomic E-state index is 13.7. The highest BCUT2D eigenvalue weighted by atomic mass is 19.1. The Bertz CT molecular complexity index is 670. The lowest BCUT2D eigenvalue weighted by atomic mass is 10.0. The van der Waals surface area contributed by atoms with E-state index in [1.165, 1.54) is 18.2 Å². The van der Waals surface area contributed by atoms with Crippen molar-refractivity contribution in [1.82, 2.24) is 9.97 Å². The minimum Gasteiger partial charge on any atom is -0.507 e. The van der Waals surface area contributed by atoms with Gasteiger partial charge in [-0.3, -0.25) is 0 Å². The fourth-order valence-corrected chi connectivity index (χ4v) is 1.94. The van der Waals surface area contributed by atoms with Gasteiger partial charge >= 0.3 is 0 Å². The van der Waals surface area contributed by atoms with E-state index in [0.717, 1.165) is 5.39 Å². The van der Waals surface area contributed by atoms with Crippen molar-refractivity contribution in [2.24, 2.45) is 0 Å². The Morgan fingerprint density at radius 3 is 2.88 bits per heavy atom. The average Bonchev–Trinajstić information content (AvgIpc) is 2.73. The second-order valence-electron chi connectivity index (χ2n) is 3.74. The molecule has 84 valence electrons. The molecule has 0 aliphatic rings. The number of phenols is 1. The molecule has 0 saturated heterocycles. The third-order valence-corrected chi connectivity index (χ3v) is 2.71. The lowest BCUT2D eigenvalue weighted by molar-refractivity contribution is 0.472. The van der Waals surface area contributed by atoms with E-state index in [-0.39, 0.29) is 11.3 Å². The molecule has 2 aromatic heterocycles. The van der Waals surface area contributed by atoms with E-state index in [9.17, 15) is 9.50 Å². The summed E-state index contributed by atoms with van der Waals surface area (Å²) in [7, 11) is 0. The summed E-state index contributed by atoms with van der Waals surface area (Å²) in [5.41, 5.74) is 1.49. The van der Waals surface area contributed by atoms with E-state index in [1.54, 1.807) is 18.5 Å². The van der Waals surface area contributed by atoms with Crippen LogP contribution in [0.15, 0.2) is 42.7 Å². The highest BCUT2D eigenvalue weighted by Crippen LogP contribution is 2.35. The van der Waals surface area contributed by atoms with E-state index >= 15 is 0 Å². The molecule has 0 amide bonds. The molecule has 3 nitrogen and oxygen atoms in total. The Kier molecular flexibility index (Phi) is 2.08. The number of H-pyrrole nitrogens is 1. The molecule has 1 aromatic carbocycles. The van der Waals surface area contributed by atoms with Crippen molar-refractivity contribution in [3.8, 4) is 16.9 Å². The Balaban J connectivity index is 2.35. The first-order valence-corrected chi connectivity index (χ1v) is 5.17. The molecule has 0 aliphatic heterocycles. The third kappa shape index (κ3) is 1.45. The Morgan fingerprint density at radius 1 is 1.18 bits per heavy atom. The van der Waals surface area contributed by atoms with Crippen LogP contribution in [-0.2, 0) is 0 Å². The van der Waals surface area contributed by atoms with Crippen molar-refractivity contribution in [2.45, 2.75) is 0 Å². The van der Waals surface area contributed by atoms with Gasteiger partial charge in [-0.25, -0.2) is 9.37 Å². The molecule has 0 spiro atoms. The van der Waals surface area contributed by atoms with Gasteiger partial charge in [-0.15, -0.1) is 0 Å². The Morgan fingerprint density at radius 2 is 2.06 bits per heavy atom. The molecule has 3 rings (SSSR count). The number of nitrogens with one attached hydrogen (secondary N) is 1. The fraction of sp³-hybridized carbons (Fsp3) is 0. The van der Waals surface area contributed by atoms with Crippen molar-refractivity contribution >= 4 is 11.0 Å². The maximum atomic E-state index is 13.7. The van der Waals surface area contributed by atoms with Gasteiger partial charge in [0, 0.05) is 23.3 Å². The quantitative estimate of drug-likeness (QED) is 0.672. The number of pyridine rings is 1. The van der Waals surface area contributed by atoms with Gasteiger partial charge in [0.1, 0.15) is 17.2 Å². The number of hydrogen-bond donors (Lipinski definition) is 2. The number of aromatic amines is 1. The van der Waals surface area contributed by atoms with Crippen molar-refractivity contribution in [2.75, 3.05) is 0 Å². The largest absolute Gasteiger partial charge is 0.507 e. The molecule has 0 bridgehead atoms. The van der Waals surface area contributed by atoms with Crippen LogP contribution in [0.4, 0.5) is 4.39 Å². The summed E-state index contributed by atoms with van der Waals surface area (Å²) >= 11 is 0. The van der Waals surface area contributed by atoms with Crippen LogP contribution < -0.4 is 0 Å². The summed E-state index contributed by atoms with van der Waals surface area (Å²) in [4.78, 5) is 7.08. The summed E-state index contributed by atoms with van der Waals surface area (Å²) in [6, 6.07) is 7.87. The van der Waals surface area contributed by atoms with Crippen LogP contribution in [0.5, 0.6) is 5.75 Å². The molecular weight excluding hydrogens is 219 g/mol. The molecule has 2 heterocycles. The molecule has 2 N–H and O–H groups in total. The first kappa shape index (κ1) is 9.84. The minimum atomic E-state index is -0.449. The Hall–Kier alpha value is -2.36. The molecule has 4 heteroatoms. The van der Waals surface area contributed by atoms with Crippen LogP contribution in [0.2, 0.25) is 0 Å². The number of aromatic hydroxyl groups is 1. The highest BCUT2D eigenvalue weighted by Gasteiger charge is 2.14.